The minimum atomic E-state index is -0.925. The Morgan fingerprint density at radius 1 is 1.36 bits per heavy atom. The van der Waals surface area contributed by atoms with E-state index < -0.39 is 10.8 Å². The van der Waals surface area contributed by atoms with Gasteiger partial charge >= 0.3 is 0 Å². The summed E-state index contributed by atoms with van der Waals surface area (Å²) in [5.74, 6) is 0.979. The fourth-order valence-corrected chi connectivity index (χ4v) is 2.70. The average molecular weight is 341 g/mol. The number of furan rings is 1. The SMILES string of the molecule is C[S@](=O)Cc1ccc(Cl)c(NCC(=O)NCc2ccco2)c1. The molecule has 2 N–H and O–H groups in total. The second-order valence-electron chi connectivity index (χ2n) is 4.74. The average Bonchev–Trinajstić information content (AvgIpc) is 2.98. The number of carbonyl (C=O) groups excluding carboxylic acids is 1. The van der Waals surface area contributed by atoms with Crippen LogP contribution in [-0.4, -0.2) is 22.9 Å². The molecule has 0 aliphatic carbocycles. The van der Waals surface area contributed by atoms with Crippen molar-refractivity contribution in [2.24, 2.45) is 0 Å². The molecular formula is C15H17ClN2O3S. The minimum absolute atomic E-state index is 0.0963. The molecule has 0 radical (unpaired) electrons. The van der Waals surface area contributed by atoms with Crippen LogP contribution in [-0.2, 0) is 27.9 Å². The van der Waals surface area contributed by atoms with Crippen LogP contribution in [0.4, 0.5) is 5.69 Å². The van der Waals surface area contributed by atoms with E-state index in [-0.39, 0.29) is 12.5 Å². The maximum Gasteiger partial charge on any atom is 0.239 e. The van der Waals surface area contributed by atoms with Crippen molar-refractivity contribution in [2.45, 2.75) is 12.3 Å². The lowest BCUT2D eigenvalue weighted by atomic mass is 10.2. The normalized spacial score (nSPS) is 11.9. The minimum Gasteiger partial charge on any atom is -0.467 e. The van der Waals surface area contributed by atoms with E-state index in [1.165, 1.54) is 0 Å². The monoisotopic (exact) mass is 340 g/mol. The van der Waals surface area contributed by atoms with E-state index in [2.05, 4.69) is 10.6 Å². The van der Waals surface area contributed by atoms with Gasteiger partial charge in [0.25, 0.3) is 0 Å². The first kappa shape index (κ1) is 16.6. The van der Waals surface area contributed by atoms with Crippen LogP contribution in [0.15, 0.2) is 41.0 Å². The second-order valence-corrected chi connectivity index (χ2v) is 6.58. The molecule has 0 fully saturated rings. The van der Waals surface area contributed by atoms with Crippen molar-refractivity contribution in [3.05, 3.63) is 52.9 Å². The highest BCUT2D eigenvalue weighted by Gasteiger charge is 2.06. The molecule has 2 aromatic rings. The molecule has 1 aromatic heterocycles. The highest BCUT2D eigenvalue weighted by molar-refractivity contribution is 7.83. The van der Waals surface area contributed by atoms with Crippen molar-refractivity contribution in [3.63, 3.8) is 0 Å². The van der Waals surface area contributed by atoms with Crippen LogP contribution in [0.25, 0.3) is 0 Å². The van der Waals surface area contributed by atoms with Crippen LogP contribution >= 0.6 is 11.6 Å². The molecule has 0 bridgehead atoms. The fourth-order valence-electron chi connectivity index (χ4n) is 1.87. The molecule has 1 amide bonds. The Bertz CT molecular complexity index is 659. The van der Waals surface area contributed by atoms with Crippen LogP contribution in [0, 0.1) is 0 Å². The third-order valence-corrected chi connectivity index (χ3v) is 3.95. The standard InChI is InChI=1S/C15H17ClN2O3S/c1-22(20)10-11-4-5-13(16)14(7-11)17-9-15(19)18-8-12-3-2-6-21-12/h2-7,17H,8-10H2,1H3,(H,18,19)/t22-/m0/s1. The second kappa shape index (κ2) is 8.00. The summed E-state index contributed by atoms with van der Waals surface area (Å²) in [5, 5.41) is 6.24. The van der Waals surface area contributed by atoms with Gasteiger partial charge in [0.1, 0.15) is 5.76 Å². The van der Waals surface area contributed by atoms with Gasteiger partial charge in [0, 0.05) is 22.8 Å². The summed E-state index contributed by atoms with van der Waals surface area (Å²) in [6, 6.07) is 8.92. The molecule has 0 spiro atoms. The predicted octanol–water partition coefficient (Wildman–Crippen LogP) is 2.54. The van der Waals surface area contributed by atoms with Gasteiger partial charge in [0.15, 0.2) is 0 Å². The predicted molar refractivity (Wildman–Crippen MR) is 88.3 cm³/mol. The molecule has 1 atom stereocenters. The van der Waals surface area contributed by atoms with Crippen molar-refractivity contribution in [2.75, 3.05) is 18.1 Å². The molecule has 1 aromatic carbocycles. The Morgan fingerprint density at radius 3 is 2.86 bits per heavy atom. The number of carbonyl (C=O) groups is 1. The van der Waals surface area contributed by atoms with Crippen molar-refractivity contribution in [1.29, 1.82) is 0 Å². The number of hydrogen-bond acceptors (Lipinski definition) is 4. The van der Waals surface area contributed by atoms with E-state index in [0.717, 1.165) is 5.56 Å². The Kier molecular flexibility index (Phi) is 6.03. The van der Waals surface area contributed by atoms with Crippen LogP contribution < -0.4 is 10.6 Å². The fraction of sp³-hybridized carbons (Fsp3) is 0.267. The van der Waals surface area contributed by atoms with Crippen LogP contribution in [0.2, 0.25) is 5.02 Å². The third-order valence-electron chi connectivity index (χ3n) is 2.88. The number of amides is 1. The number of rotatable bonds is 7. The number of hydrogen-bond donors (Lipinski definition) is 2. The molecule has 0 aliphatic rings. The van der Waals surface area contributed by atoms with E-state index >= 15 is 0 Å². The van der Waals surface area contributed by atoms with Crippen molar-refractivity contribution in [3.8, 4) is 0 Å². The Hall–Kier alpha value is -1.79. The number of anilines is 1. The summed E-state index contributed by atoms with van der Waals surface area (Å²) in [7, 11) is -0.925. The van der Waals surface area contributed by atoms with Gasteiger partial charge < -0.3 is 15.1 Å². The first-order valence-corrected chi connectivity index (χ1v) is 8.76. The molecule has 118 valence electrons. The lowest BCUT2D eigenvalue weighted by molar-refractivity contribution is -0.119. The number of benzene rings is 1. The van der Waals surface area contributed by atoms with E-state index in [0.29, 0.717) is 28.8 Å². The zero-order valence-corrected chi connectivity index (χ0v) is 13.7. The van der Waals surface area contributed by atoms with Crippen molar-refractivity contribution < 1.29 is 13.4 Å². The lowest BCUT2D eigenvalue weighted by Crippen LogP contribution is -2.29. The Labute approximate surface area is 136 Å². The van der Waals surface area contributed by atoms with Gasteiger partial charge in [-0.3, -0.25) is 9.00 Å². The van der Waals surface area contributed by atoms with Gasteiger partial charge in [0.05, 0.1) is 30.1 Å². The van der Waals surface area contributed by atoms with Gasteiger partial charge in [-0.05, 0) is 29.8 Å². The van der Waals surface area contributed by atoms with E-state index in [1.807, 2.05) is 12.1 Å². The Morgan fingerprint density at radius 2 is 2.18 bits per heavy atom. The summed E-state index contributed by atoms with van der Waals surface area (Å²) in [6.07, 6.45) is 3.20. The quantitative estimate of drug-likeness (QED) is 0.812. The van der Waals surface area contributed by atoms with Crippen LogP contribution in [0.3, 0.4) is 0 Å². The summed E-state index contributed by atoms with van der Waals surface area (Å²) in [4.78, 5) is 11.8. The summed E-state index contributed by atoms with van der Waals surface area (Å²) < 4.78 is 16.4. The largest absolute Gasteiger partial charge is 0.467 e. The molecular weight excluding hydrogens is 324 g/mol. The zero-order valence-electron chi connectivity index (χ0n) is 12.1. The molecule has 7 heteroatoms. The highest BCUT2D eigenvalue weighted by atomic mass is 35.5. The van der Waals surface area contributed by atoms with Crippen molar-refractivity contribution >= 4 is 34.0 Å². The molecule has 22 heavy (non-hydrogen) atoms. The number of halogens is 1. The van der Waals surface area contributed by atoms with Gasteiger partial charge in [0.2, 0.25) is 5.91 Å². The summed E-state index contributed by atoms with van der Waals surface area (Å²) in [5.41, 5.74) is 1.56. The molecule has 0 unspecified atom stereocenters. The molecule has 0 saturated carbocycles. The van der Waals surface area contributed by atoms with Crippen molar-refractivity contribution in [1.82, 2.24) is 5.32 Å². The summed E-state index contributed by atoms with van der Waals surface area (Å²) >= 11 is 6.09. The highest BCUT2D eigenvalue weighted by Crippen LogP contribution is 2.23. The first-order valence-electron chi connectivity index (χ1n) is 6.66. The van der Waals surface area contributed by atoms with Gasteiger partial charge in [-0.2, -0.15) is 0 Å². The van der Waals surface area contributed by atoms with E-state index in [1.54, 1.807) is 30.7 Å². The smallest absolute Gasteiger partial charge is 0.239 e. The molecule has 1 heterocycles. The molecule has 5 nitrogen and oxygen atoms in total. The van der Waals surface area contributed by atoms with E-state index in [9.17, 15) is 9.00 Å². The van der Waals surface area contributed by atoms with Gasteiger partial charge in [-0.15, -0.1) is 0 Å². The maximum atomic E-state index is 11.8. The Balaban J connectivity index is 1.87. The molecule has 0 saturated heterocycles. The molecule has 0 aliphatic heterocycles. The molecule has 2 rings (SSSR count). The zero-order chi connectivity index (χ0) is 15.9. The maximum absolute atomic E-state index is 11.8. The number of nitrogens with one attached hydrogen (secondary N) is 2. The van der Waals surface area contributed by atoms with Crippen LogP contribution in [0.5, 0.6) is 0 Å². The summed E-state index contributed by atoms with van der Waals surface area (Å²) in [6.45, 7) is 0.440. The van der Waals surface area contributed by atoms with Gasteiger partial charge in [-0.1, -0.05) is 17.7 Å². The third kappa shape index (κ3) is 5.20. The van der Waals surface area contributed by atoms with E-state index in [4.69, 9.17) is 16.0 Å². The first-order chi connectivity index (χ1) is 10.5. The topological polar surface area (TPSA) is 71.3 Å². The lowest BCUT2D eigenvalue weighted by Gasteiger charge is -2.10. The van der Waals surface area contributed by atoms with Crippen LogP contribution in [0.1, 0.15) is 11.3 Å². The van der Waals surface area contributed by atoms with Gasteiger partial charge in [-0.25, -0.2) is 0 Å².